The zero-order valence-corrected chi connectivity index (χ0v) is 21.7. The number of nitrogens with one attached hydrogen (secondary N) is 2. The molecule has 0 atom stereocenters. The van der Waals surface area contributed by atoms with E-state index in [1.54, 1.807) is 0 Å². The zero-order chi connectivity index (χ0) is 21.3. The van der Waals surface area contributed by atoms with Gasteiger partial charge in [-0.25, -0.2) is 18.1 Å². The molecular weight excluding hydrogens is 515 g/mol. The Kier molecular flexibility index (Phi) is 12.2. The van der Waals surface area contributed by atoms with E-state index in [2.05, 4.69) is 14.9 Å². The predicted octanol–water partition coefficient (Wildman–Crippen LogP) is 2.96. The summed E-state index contributed by atoms with van der Waals surface area (Å²) in [5.74, 6) is 1.51. The molecule has 0 aromatic heterocycles. The molecule has 2 N–H and O–H groups in total. The quantitative estimate of drug-likeness (QED) is 0.180. The Bertz CT molecular complexity index is 767. The number of nitrogens with zero attached hydrogens (tertiary/aromatic N) is 2. The number of rotatable bonds is 12. The maximum absolute atomic E-state index is 12.3. The monoisotopic (exact) mass is 552 g/mol. The normalized spacial score (nSPS) is 14.5. The standard InChI is InChI=1S/C21H36N4O3S.HI/c1-5-22-21(25(4)12-13-28-15-18-10-11-18)23-14-19-8-6-7-9-20(19)16-29(26,27)24-17(2)3;/h6-9,17-18,24H,5,10-16H2,1-4H3,(H,22,23);1H. The van der Waals surface area contributed by atoms with Gasteiger partial charge in [0.15, 0.2) is 5.96 Å². The molecule has 0 saturated heterocycles. The maximum atomic E-state index is 12.3. The Morgan fingerprint density at radius 3 is 2.53 bits per heavy atom. The molecule has 1 fully saturated rings. The first-order valence-electron chi connectivity index (χ1n) is 10.4. The largest absolute Gasteiger partial charge is 0.379 e. The van der Waals surface area contributed by atoms with Crippen molar-refractivity contribution in [1.29, 1.82) is 0 Å². The number of halogens is 1. The lowest BCUT2D eigenvalue weighted by Crippen LogP contribution is -2.40. The minimum Gasteiger partial charge on any atom is -0.379 e. The van der Waals surface area contributed by atoms with Gasteiger partial charge in [-0.1, -0.05) is 24.3 Å². The number of guanidine groups is 1. The molecule has 0 aliphatic heterocycles. The molecule has 30 heavy (non-hydrogen) atoms. The highest BCUT2D eigenvalue weighted by atomic mass is 127. The van der Waals surface area contributed by atoms with Crippen molar-refractivity contribution in [1.82, 2.24) is 14.9 Å². The first-order valence-corrected chi connectivity index (χ1v) is 12.1. The van der Waals surface area contributed by atoms with Crippen molar-refractivity contribution in [2.24, 2.45) is 10.9 Å². The Balaban J connectivity index is 0.00000450. The number of hydrogen-bond acceptors (Lipinski definition) is 4. The Morgan fingerprint density at radius 2 is 1.93 bits per heavy atom. The average Bonchev–Trinajstić information content (AvgIpc) is 3.46. The van der Waals surface area contributed by atoms with E-state index in [0.29, 0.717) is 13.2 Å². The fraction of sp³-hybridized carbons (Fsp3) is 0.667. The Labute approximate surface area is 199 Å². The van der Waals surface area contributed by atoms with Crippen LogP contribution in [0.25, 0.3) is 0 Å². The first-order chi connectivity index (χ1) is 13.8. The third-order valence-corrected chi connectivity index (χ3v) is 6.12. The van der Waals surface area contributed by atoms with Crippen molar-refractivity contribution in [3.63, 3.8) is 0 Å². The molecule has 1 aliphatic rings. The van der Waals surface area contributed by atoms with Crippen LogP contribution >= 0.6 is 24.0 Å². The van der Waals surface area contributed by atoms with Crippen LogP contribution < -0.4 is 10.0 Å². The van der Waals surface area contributed by atoms with Crippen LogP contribution in [0.4, 0.5) is 0 Å². The molecule has 0 heterocycles. The van der Waals surface area contributed by atoms with Crippen molar-refractivity contribution < 1.29 is 13.2 Å². The second-order valence-corrected chi connectivity index (χ2v) is 9.66. The highest BCUT2D eigenvalue weighted by Crippen LogP contribution is 2.28. The first kappa shape index (κ1) is 27.1. The van der Waals surface area contributed by atoms with Crippen molar-refractivity contribution >= 4 is 40.0 Å². The lowest BCUT2D eigenvalue weighted by molar-refractivity contribution is 0.115. The summed E-state index contributed by atoms with van der Waals surface area (Å²) in [5.41, 5.74) is 1.69. The highest BCUT2D eigenvalue weighted by Gasteiger charge is 2.21. The van der Waals surface area contributed by atoms with Crippen LogP contribution in [0, 0.1) is 5.92 Å². The minimum atomic E-state index is -3.38. The summed E-state index contributed by atoms with van der Waals surface area (Å²) in [6, 6.07) is 7.45. The molecule has 0 spiro atoms. The number of likely N-dealkylation sites (N-methyl/N-ethyl adjacent to an activating group) is 1. The van der Waals surface area contributed by atoms with Gasteiger partial charge in [0.1, 0.15) is 0 Å². The topological polar surface area (TPSA) is 83.0 Å². The van der Waals surface area contributed by atoms with E-state index in [1.807, 2.05) is 52.1 Å². The van der Waals surface area contributed by atoms with E-state index in [-0.39, 0.29) is 35.8 Å². The smallest absolute Gasteiger partial charge is 0.216 e. The van der Waals surface area contributed by atoms with Gasteiger partial charge < -0.3 is 15.0 Å². The molecule has 1 aromatic carbocycles. The number of benzene rings is 1. The van der Waals surface area contributed by atoms with Gasteiger partial charge in [0.25, 0.3) is 0 Å². The molecule has 1 saturated carbocycles. The van der Waals surface area contributed by atoms with Crippen LogP contribution in [-0.2, 0) is 27.1 Å². The van der Waals surface area contributed by atoms with Crippen molar-refractivity contribution in [3.8, 4) is 0 Å². The maximum Gasteiger partial charge on any atom is 0.216 e. The lowest BCUT2D eigenvalue weighted by Gasteiger charge is -2.22. The second kappa shape index (κ2) is 13.5. The number of sulfonamides is 1. The molecule has 1 aromatic rings. The van der Waals surface area contributed by atoms with Crippen LogP contribution in [0.15, 0.2) is 29.3 Å². The summed E-state index contributed by atoms with van der Waals surface area (Å²) in [4.78, 5) is 6.77. The summed E-state index contributed by atoms with van der Waals surface area (Å²) < 4.78 is 33.0. The zero-order valence-electron chi connectivity index (χ0n) is 18.6. The molecule has 1 aliphatic carbocycles. The van der Waals surface area contributed by atoms with Crippen LogP contribution in [-0.4, -0.2) is 58.7 Å². The molecular formula is C21H37IN4O3S. The molecule has 2 rings (SSSR count). The van der Waals surface area contributed by atoms with Gasteiger partial charge in [-0.15, -0.1) is 24.0 Å². The summed E-state index contributed by atoms with van der Waals surface area (Å²) in [5, 5.41) is 3.30. The van der Waals surface area contributed by atoms with Crippen molar-refractivity contribution in [2.45, 2.75) is 52.0 Å². The van der Waals surface area contributed by atoms with Crippen LogP contribution in [0.3, 0.4) is 0 Å². The fourth-order valence-electron chi connectivity index (χ4n) is 2.93. The van der Waals surface area contributed by atoms with Crippen LogP contribution in [0.2, 0.25) is 0 Å². The van der Waals surface area contributed by atoms with Gasteiger partial charge in [-0.3, -0.25) is 0 Å². The Morgan fingerprint density at radius 1 is 1.27 bits per heavy atom. The molecule has 0 amide bonds. The fourth-order valence-corrected chi connectivity index (χ4v) is 4.42. The number of ether oxygens (including phenoxy) is 1. The van der Waals surface area contributed by atoms with Gasteiger partial charge in [0.05, 0.1) is 18.9 Å². The van der Waals surface area contributed by atoms with Crippen LogP contribution in [0.1, 0.15) is 44.7 Å². The third kappa shape index (κ3) is 10.4. The third-order valence-electron chi connectivity index (χ3n) is 4.60. The number of hydrogen-bond donors (Lipinski definition) is 2. The van der Waals surface area contributed by atoms with Gasteiger partial charge in [0, 0.05) is 32.8 Å². The van der Waals surface area contributed by atoms with Crippen LogP contribution in [0.5, 0.6) is 0 Å². The SMILES string of the molecule is CCNC(=NCc1ccccc1CS(=O)(=O)NC(C)C)N(C)CCOCC1CC1.I. The second-order valence-electron chi connectivity index (χ2n) is 7.91. The van der Waals surface area contributed by atoms with E-state index in [1.165, 1.54) is 12.8 Å². The predicted molar refractivity (Wildman–Crippen MR) is 134 cm³/mol. The molecule has 172 valence electrons. The van der Waals surface area contributed by atoms with Gasteiger partial charge in [0.2, 0.25) is 10.0 Å². The van der Waals surface area contributed by atoms with E-state index >= 15 is 0 Å². The summed E-state index contributed by atoms with van der Waals surface area (Å²) >= 11 is 0. The van der Waals surface area contributed by atoms with E-state index < -0.39 is 10.0 Å². The number of aliphatic imine (C=N–C) groups is 1. The summed E-state index contributed by atoms with van der Waals surface area (Å²) in [7, 11) is -1.39. The lowest BCUT2D eigenvalue weighted by atomic mass is 10.1. The highest BCUT2D eigenvalue weighted by molar-refractivity contribution is 14.0. The van der Waals surface area contributed by atoms with Gasteiger partial charge in [-0.05, 0) is 50.7 Å². The molecule has 0 bridgehead atoms. The molecule has 0 unspecified atom stereocenters. The van der Waals surface area contributed by atoms with Crippen molar-refractivity contribution in [2.75, 3.05) is 33.4 Å². The van der Waals surface area contributed by atoms with E-state index in [9.17, 15) is 8.42 Å². The molecule has 7 nitrogen and oxygen atoms in total. The van der Waals surface area contributed by atoms with E-state index in [0.717, 1.165) is 42.7 Å². The summed E-state index contributed by atoms with van der Waals surface area (Å²) in [6.07, 6.45) is 2.59. The average molecular weight is 553 g/mol. The van der Waals surface area contributed by atoms with Gasteiger partial charge in [-0.2, -0.15) is 0 Å². The van der Waals surface area contributed by atoms with Gasteiger partial charge >= 0.3 is 0 Å². The molecule has 9 heteroatoms. The summed E-state index contributed by atoms with van der Waals surface area (Å²) in [6.45, 7) is 9.14. The van der Waals surface area contributed by atoms with Crippen molar-refractivity contribution in [3.05, 3.63) is 35.4 Å². The Hall–Kier alpha value is -0.910. The minimum absolute atomic E-state index is 0. The molecule has 0 radical (unpaired) electrons. The van der Waals surface area contributed by atoms with E-state index in [4.69, 9.17) is 9.73 Å².